The van der Waals surface area contributed by atoms with Crippen LogP contribution in [0.2, 0.25) is 0 Å². The maximum Gasteiger partial charge on any atom is 0.132 e. The fraction of sp³-hybridized carbons (Fsp3) is 0.294. The third-order valence-electron chi connectivity index (χ3n) is 3.21. The van der Waals surface area contributed by atoms with Gasteiger partial charge in [-0.25, -0.2) is 4.39 Å². The Balaban J connectivity index is 2.32. The van der Waals surface area contributed by atoms with E-state index in [9.17, 15) is 4.39 Å². The number of halogens is 1. The first-order valence-corrected chi connectivity index (χ1v) is 6.80. The van der Waals surface area contributed by atoms with E-state index in [0.717, 1.165) is 5.75 Å². The van der Waals surface area contributed by atoms with E-state index >= 15 is 0 Å². The minimum atomic E-state index is -0.305. The van der Waals surface area contributed by atoms with Crippen molar-refractivity contribution in [3.05, 3.63) is 59.4 Å². The van der Waals surface area contributed by atoms with Crippen LogP contribution in [0.15, 0.2) is 42.5 Å². The fourth-order valence-corrected chi connectivity index (χ4v) is 2.03. The summed E-state index contributed by atoms with van der Waals surface area (Å²) in [4.78, 5) is 0. The lowest BCUT2D eigenvalue weighted by Gasteiger charge is -2.15. The largest absolute Gasteiger partial charge is 0.457 e. The van der Waals surface area contributed by atoms with Gasteiger partial charge in [0.1, 0.15) is 17.3 Å². The predicted molar refractivity (Wildman–Crippen MR) is 79.6 cm³/mol. The highest BCUT2D eigenvalue weighted by Crippen LogP contribution is 2.30. The number of nitrogens with two attached hydrogens (primary N) is 1. The van der Waals surface area contributed by atoms with Crippen molar-refractivity contribution >= 4 is 0 Å². The quantitative estimate of drug-likeness (QED) is 0.871. The van der Waals surface area contributed by atoms with E-state index in [1.807, 2.05) is 25.1 Å². The highest BCUT2D eigenvalue weighted by atomic mass is 19.1. The number of hydrogen-bond acceptors (Lipinski definition) is 2. The van der Waals surface area contributed by atoms with Crippen LogP contribution in [0.3, 0.4) is 0 Å². The molecule has 0 spiro atoms. The molecule has 0 aliphatic heterocycles. The van der Waals surface area contributed by atoms with E-state index in [0.29, 0.717) is 17.2 Å². The van der Waals surface area contributed by atoms with Crippen LogP contribution in [0.5, 0.6) is 11.5 Å². The van der Waals surface area contributed by atoms with Gasteiger partial charge in [0.2, 0.25) is 0 Å². The van der Waals surface area contributed by atoms with Gasteiger partial charge in [-0.3, -0.25) is 0 Å². The van der Waals surface area contributed by atoms with Crippen molar-refractivity contribution in [3.8, 4) is 11.5 Å². The summed E-state index contributed by atoms with van der Waals surface area (Å²) < 4.78 is 19.2. The van der Waals surface area contributed by atoms with Crippen molar-refractivity contribution in [1.29, 1.82) is 0 Å². The van der Waals surface area contributed by atoms with Gasteiger partial charge < -0.3 is 10.5 Å². The number of ether oxygens (including phenoxy) is 1. The van der Waals surface area contributed by atoms with E-state index in [1.165, 1.54) is 17.7 Å². The molecule has 1 atom stereocenters. The standard InChI is InChI=1S/C17H20FNO/c1-11(2)13-5-4-6-15(9-13)20-17-8-7-14(18)10-16(17)12(3)19/h4-12H,19H2,1-3H3/t12-/m1/s1. The van der Waals surface area contributed by atoms with Crippen LogP contribution in [0.4, 0.5) is 4.39 Å². The van der Waals surface area contributed by atoms with Crippen LogP contribution >= 0.6 is 0 Å². The van der Waals surface area contributed by atoms with Gasteiger partial charge in [0.05, 0.1) is 0 Å². The molecule has 0 fully saturated rings. The van der Waals surface area contributed by atoms with Gasteiger partial charge >= 0.3 is 0 Å². The molecule has 0 saturated heterocycles. The summed E-state index contributed by atoms with van der Waals surface area (Å²) in [7, 11) is 0. The summed E-state index contributed by atoms with van der Waals surface area (Å²) >= 11 is 0. The molecule has 2 N–H and O–H groups in total. The topological polar surface area (TPSA) is 35.2 Å². The summed E-state index contributed by atoms with van der Waals surface area (Å²) in [5, 5.41) is 0. The molecule has 2 nitrogen and oxygen atoms in total. The molecule has 0 aromatic heterocycles. The Bertz CT molecular complexity index is 593. The lowest BCUT2D eigenvalue weighted by molar-refractivity contribution is 0.468. The maximum absolute atomic E-state index is 13.3. The Kier molecular flexibility index (Phi) is 4.40. The zero-order chi connectivity index (χ0) is 14.7. The minimum absolute atomic E-state index is 0.283. The molecule has 0 aliphatic carbocycles. The van der Waals surface area contributed by atoms with Crippen molar-refractivity contribution in [2.24, 2.45) is 5.73 Å². The van der Waals surface area contributed by atoms with Crippen molar-refractivity contribution in [1.82, 2.24) is 0 Å². The van der Waals surface area contributed by atoms with Gasteiger partial charge in [-0.1, -0.05) is 26.0 Å². The maximum atomic E-state index is 13.3. The monoisotopic (exact) mass is 273 g/mol. The van der Waals surface area contributed by atoms with Crippen LogP contribution in [0, 0.1) is 5.82 Å². The molecule has 2 aromatic carbocycles. The zero-order valence-corrected chi connectivity index (χ0v) is 12.1. The summed E-state index contributed by atoms with van der Waals surface area (Å²) in [6, 6.07) is 12.1. The molecule has 106 valence electrons. The smallest absolute Gasteiger partial charge is 0.132 e. The number of benzene rings is 2. The molecule has 0 radical (unpaired) electrons. The highest BCUT2D eigenvalue weighted by molar-refractivity contribution is 5.41. The van der Waals surface area contributed by atoms with Gasteiger partial charge in [0.25, 0.3) is 0 Å². The van der Waals surface area contributed by atoms with Gasteiger partial charge in [0, 0.05) is 11.6 Å². The van der Waals surface area contributed by atoms with Crippen molar-refractivity contribution < 1.29 is 9.13 Å². The van der Waals surface area contributed by atoms with E-state index in [4.69, 9.17) is 10.5 Å². The average molecular weight is 273 g/mol. The highest BCUT2D eigenvalue weighted by Gasteiger charge is 2.11. The molecule has 2 rings (SSSR count). The molecule has 2 aromatic rings. The normalized spacial score (nSPS) is 12.5. The lowest BCUT2D eigenvalue weighted by Crippen LogP contribution is -2.07. The summed E-state index contributed by atoms with van der Waals surface area (Å²) in [6.45, 7) is 6.07. The Morgan fingerprint density at radius 2 is 1.80 bits per heavy atom. The van der Waals surface area contributed by atoms with Crippen LogP contribution in [-0.2, 0) is 0 Å². The molecule has 0 aliphatic rings. The van der Waals surface area contributed by atoms with E-state index in [2.05, 4.69) is 19.9 Å². The Morgan fingerprint density at radius 1 is 1.05 bits per heavy atom. The van der Waals surface area contributed by atoms with Crippen molar-refractivity contribution in [2.75, 3.05) is 0 Å². The second-order valence-corrected chi connectivity index (χ2v) is 5.30. The molecule has 0 amide bonds. The van der Waals surface area contributed by atoms with E-state index < -0.39 is 0 Å². The molecule has 0 bridgehead atoms. The molecule has 0 unspecified atom stereocenters. The summed E-state index contributed by atoms with van der Waals surface area (Å²) in [6.07, 6.45) is 0. The zero-order valence-electron chi connectivity index (χ0n) is 12.1. The Morgan fingerprint density at radius 3 is 2.45 bits per heavy atom. The molecule has 3 heteroatoms. The Hall–Kier alpha value is -1.87. The van der Waals surface area contributed by atoms with Crippen LogP contribution in [0.1, 0.15) is 43.9 Å². The fourth-order valence-electron chi connectivity index (χ4n) is 2.03. The first-order valence-electron chi connectivity index (χ1n) is 6.80. The molecule has 0 heterocycles. The molecule has 0 saturated carbocycles. The second-order valence-electron chi connectivity index (χ2n) is 5.30. The third-order valence-corrected chi connectivity index (χ3v) is 3.21. The minimum Gasteiger partial charge on any atom is -0.457 e. The van der Waals surface area contributed by atoms with Gasteiger partial charge in [-0.05, 0) is 48.7 Å². The van der Waals surface area contributed by atoms with Crippen LogP contribution in [-0.4, -0.2) is 0 Å². The molecular weight excluding hydrogens is 253 g/mol. The Labute approximate surface area is 119 Å². The predicted octanol–water partition coefficient (Wildman–Crippen LogP) is 4.76. The van der Waals surface area contributed by atoms with E-state index in [-0.39, 0.29) is 11.9 Å². The summed E-state index contributed by atoms with van der Waals surface area (Å²) in [5.74, 6) is 1.47. The third kappa shape index (κ3) is 3.36. The van der Waals surface area contributed by atoms with Crippen molar-refractivity contribution in [3.63, 3.8) is 0 Å². The number of rotatable bonds is 4. The van der Waals surface area contributed by atoms with Crippen LogP contribution < -0.4 is 10.5 Å². The lowest BCUT2D eigenvalue weighted by atomic mass is 10.0. The molecular formula is C17H20FNO. The summed E-state index contributed by atoms with van der Waals surface area (Å²) in [5.41, 5.74) is 7.74. The van der Waals surface area contributed by atoms with Gasteiger partial charge in [0.15, 0.2) is 0 Å². The first kappa shape index (κ1) is 14.5. The van der Waals surface area contributed by atoms with Gasteiger partial charge in [-0.15, -0.1) is 0 Å². The van der Waals surface area contributed by atoms with Crippen molar-refractivity contribution in [2.45, 2.75) is 32.7 Å². The van der Waals surface area contributed by atoms with E-state index in [1.54, 1.807) is 6.07 Å². The first-order chi connectivity index (χ1) is 9.47. The average Bonchev–Trinajstić information content (AvgIpc) is 2.41. The SMILES string of the molecule is CC(C)c1cccc(Oc2ccc(F)cc2[C@@H](C)N)c1. The second kappa shape index (κ2) is 6.06. The van der Waals surface area contributed by atoms with Crippen LogP contribution in [0.25, 0.3) is 0 Å². The number of hydrogen-bond donors (Lipinski definition) is 1. The molecule has 20 heavy (non-hydrogen) atoms. The van der Waals surface area contributed by atoms with Gasteiger partial charge in [-0.2, -0.15) is 0 Å².